The molecule has 0 aromatic rings. The summed E-state index contributed by atoms with van der Waals surface area (Å²) in [5.41, 5.74) is 0. The van der Waals surface area contributed by atoms with E-state index in [1.165, 1.54) is 0 Å². The Labute approximate surface area is 24.6 Å². The first-order valence-electron chi connectivity index (χ1n) is 0. The van der Waals surface area contributed by atoms with Crippen LogP contribution >= 0.6 is 0 Å². The van der Waals surface area contributed by atoms with E-state index in [-0.39, 0.29) is 23.3 Å². The van der Waals surface area contributed by atoms with Crippen molar-refractivity contribution in [2.75, 3.05) is 0 Å². The molecule has 0 amide bonds. The molecule has 0 atom stereocenters. The van der Waals surface area contributed by atoms with Gasteiger partial charge >= 0.3 is 0 Å². The van der Waals surface area contributed by atoms with Crippen molar-refractivity contribution in [2.45, 2.75) is 0 Å². The predicted molar refractivity (Wildman–Crippen MR) is 17.3 cm³/mol. The fourth-order valence-corrected chi connectivity index (χ4v) is 0. The standard InChI is InChI=1S/2H3N.2H2O/h2*1H3;2*1H2. The lowest BCUT2D eigenvalue weighted by atomic mass is 14.0. The van der Waals surface area contributed by atoms with Gasteiger partial charge in [-0.3, -0.25) is 0 Å². The van der Waals surface area contributed by atoms with E-state index in [1.54, 1.807) is 0 Å². The van der Waals surface area contributed by atoms with E-state index in [0.717, 1.165) is 0 Å². The van der Waals surface area contributed by atoms with Crippen LogP contribution in [0.3, 0.4) is 0 Å². The molecule has 0 radical (unpaired) electrons. The first-order valence-corrected chi connectivity index (χ1v) is 0. The monoisotopic (exact) mass is 70.1 g/mol. The van der Waals surface area contributed by atoms with Crippen LogP contribution in [0.1, 0.15) is 0 Å². The SMILES string of the molecule is N.N.O.O. The summed E-state index contributed by atoms with van der Waals surface area (Å²) in [5.74, 6) is 0. The second-order valence-corrected chi connectivity index (χ2v) is 0. The molecule has 0 unspecified atom stereocenters. The summed E-state index contributed by atoms with van der Waals surface area (Å²) in [6, 6.07) is 0. The summed E-state index contributed by atoms with van der Waals surface area (Å²) in [5, 5.41) is 0. The summed E-state index contributed by atoms with van der Waals surface area (Å²) in [6.45, 7) is 0. The molecule has 10 N–H and O–H groups in total. The second-order valence-electron chi connectivity index (χ2n) is 0. The predicted octanol–water partition coefficient (Wildman–Crippen LogP) is -1.33. The normalized spacial score (nSPS) is 0. The molecular formula is H10N2O2. The van der Waals surface area contributed by atoms with E-state index in [9.17, 15) is 0 Å². The third-order valence-electron chi connectivity index (χ3n) is 0. The Hall–Kier alpha value is -0.160. The van der Waals surface area contributed by atoms with E-state index < -0.39 is 0 Å². The highest BCUT2D eigenvalue weighted by Crippen LogP contribution is -0.288. The van der Waals surface area contributed by atoms with Gasteiger partial charge in [0.2, 0.25) is 0 Å². The Morgan fingerprint density at radius 1 is 0.500 bits per heavy atom. The van der Waals surface area contributed by atoms with Crippen LogP contribution in [0.4, 0.5) is 0 Å². The number of hydrogen-bond acceptors (Lipinski definition) is 2. The summed E-state index contributed by atoms with van der Waals surface area (Å²) < 4.78 is 0. The lowest BCUT2D eigenvalue weighted by Crippen LogP contribution is -0.482. The van der Waals surface area contributed by atoms with Crippen LogP contribution in [-0.2, 0) is 0 Å². The third kappa shape index (κ3) is 50.7. The summed E-state index contributed by atoms with van der Waals surface area (Å²) >= 11 is 0. The molecule has 0 heterocycles. The van der Waals surface area contributed by atoms with Gasteiger partial charge in [-0.25, -0.2) is 0 Å². The van der Waals surface area contributed by atoms with Crippen molar-refractivity contribution in [3.8, 4) is 0 Å². The number of rotatable bonds is 0. The van der Waals surface area contributed by atoms with Crippen molar-refractivity contribution >= 4 is 0 Å². The van der Waals surface area contributed by atoms with E-state index in [2.05, 4.69) is 0 Å². The van der Waals surface area contributed by atoms with Crippen molar-refractivity contribution in [1.82, 2.24) is 12.3 Å². The van der Waals surface area contributed by atoms with Crippen LogP contribution in [-0.4, -0.2) is 11.0 Å². The largest absolute Gasteiger partial charge is 0.412 e. The Morgan fingerprint density at radius 2 is 0.500 bits per heavy atom. The molecule has 0 saturated heterocycles. The highest BCUT2D eigenvalue weighted by molar-refractivity contribution is 2.14. The zero-order valence-corrected chi connectivity index (χ0v) is 2.41. The van der Waals surface area contributed by atoms with Gasteiger partial charge in [-0.2, -0.15) is 0 Å². The molecule has 0 fully saturated rings. The Kier molecular flexibility index (Phi) is 114000. The zero-order chi connectivity index (χ0) is 0. The van der Waals surface area contributed by atoms with Gasteiger partial charge in [-0.15, -0.1) is 0 Å². The van der Waals surface area contributed by atoms with Gasteiger partial charge in [0, 0.05) is 0 Å². The third-order valence-corrected chi connectivity index (χ3v) is 0. The molecule has 0 aromatic heterocycles. The molecule has 0 spiro atoms. The maximum atomic E-state index is 0. The summed E-state index contributed by atoms with van der Waals surface area (Å²) in [7, 11) is 0. The fourth-order valence-electron chi connectivity index (χ4n) is 0. The maximum Gasteiger partial charge on any atom is -0.344 e. The van der Waals surface area contributed by atoms with E-state index in [4.69, 9.17) is 0 Å². The Morgan fingerprint density at radius 3 is 0.500 bits per heavy atom. The van der Waals surface area contributed by atoms with Crippen LogP contribution in [0.25, 0.3) is 0 Å². The molecule has 4 heteroatoms. The van der Waals surface area contributed by atoms with Gasteiger partial charge in [0.1, 0.15) is 0 Å². The molecule has 0 aliphatic rings. The van der Waals surface area contributed by atoms with Crippen LogP contribution in [0.2, 0.25) is 0 Å². The van der Waals surface area contributed by atoms with Gasteiger partial charge in [0.25, 0.3) is 0 Å². The van der Waals surface area contributed by atoms with Gasteiger partial charge in [0.15, 0.2) is 0 Å². The van der Waals surface area contributed by atoms with Gasteiger partial charge in [-0.1, -0.05) is 0 Å². The highest BCUT2D eigenvalue weighted by atomic mass is 16.0. The molecular weight excluding hydrogens is 60.0 g/mol. The first kappa shape index (κ1) is 1210. The Bertz CT molecular complexity index is 4.00. The summed E-state index contributed by atoms with van der Waals surface area (Å²) in [4.78, 5) is 0. The highest BCUT2D eigenvalue weighted by Gasteiger charge is -0.343. The van der Waals surface area contributed by atoms with E-state index in [1.807, 2.05) is 0 Å². The Balaban J connectivity index is 0. The average Bonchev–Trinajstić information content (AvgIpc) is 0. The van der Waals surface area contributed by atoms with Crippen molar-refractivity contribution in [1.29, 1.82) is 0 Å². The smallest absolute Gasteiger partial charge is 0.344 e. The molecule has 32 valence electrons. The van der Waals surface area contributed by atoms with Crippen LogP contribution < -0.4 is 12.3 Å². The average molecular weight is 70.1 g/mol. The van der Waals surface area contributed by atoms with Gasteiger partial charge in [0.05, 0.1) is 0 Å². The van der Waals surface area contributed by atoms with Crippen molar-refractivity contribution < 1.29 is 11.0 Å². The molecule has 4 nitrogen and oxygen atoms in total. The minimum absolute atomic E-state index is 0. The molecule has 4 heavy (non-hydrogen) atoms. The topological polar surface area (TPSA) is 133 Å². The van der Waals surface area contributed by atoms with E-state index in [0.29, 0.717) is 0 Å². The minimum atomic E-state index is 0. The minimum Gasteiger partial charge on any atom is -0.412 e. The molecule has 0 rings (SSSR count). The van der Waals surface area contributed by atoms with Gasteiger partial charge in [-0.05, 0) is 0 Å². The molecule has 0 bridgehead atoms. The zero-order valence-electron chi connectivity index (χ0n) is 2.41. The van der Waals surface area contributed by atoms with Crippen molar-refractivity contribution in [2.24, 2.45) is 0 Å². The van der Waals surface area contributed by atoms with Gasteiger partial charge < -0.3 is 23.3 Å². The molecule has 0 aromatic carbocycles. The number of hydrogen-bond donors (Lipinski definition) is 2. The summed E-state index contributed by atoms with van der Waals surface area (Å²) in [6.07, 6.45) is 0. The van der Waals surface area contributed by atoms with Crippen LogP contribution in [0.15, 0.2) is 0 Å². The quantitative estimate of drug-likeness (QED) is 0.365. The lowest BCUT2D eigenvalue weighted by molar-refractivity contribution is 0.823. The molecule has 0 aliphatic heterocycles. The second kappa shape index (κ2) is 376. The van der Waals surface area contributed by atoms with Crippen LogP contribution in [0.5, 0.6) is 0 Å². The van der Waals surface area contributed by atoms with E-state index >= 15 is 0 Å². The molecule has 0 saturated carbocycles. The van der Waals surface area contributed by atoms with Crippen LogP contribution in [0, 0.1) is 0 Å². The molecule has 0 aliphatic carbocycles. The lowest BCUT2D eigenvalue weighted by Gasteiger charge is -0.413. The maximum absolute atomic E-state index is 0. The van der Waals surface area contributed by atoms with Crippen molar-refractivity contribution in [3.05, 3.63) is 0 Å². The first-order chi connectivity index (χ1) is 0. The fraction of sp³-hybridized carbons (Fsp3) is 0. The van der Waals surface area contributed by atoms with Crippen molar-refractivity contribution in [3.63, 3.8) is 0 Å².